The number of carbonyl (C=O) groups excluding carboxylic acids is 2. The molecule has 2 N–H and O–H groups in total. The summed E-state index contributed by atoms with van der Waals surface area (Å²) in [5, 5.41) is 10.4. The minimum Gasteiger partial charge on any atom is -0.384 e. The van der Waals surface area contributed by atoms with Gasteiger partial charge in [-0.05, 0) is 38.9 Å². The molecule has 1 aliphatic rings. The van der Waals surface area contributed by atoms with Crippen LogP contribution >= 0.6 is 0 Å². The SMILES string of the molecule is COCC1(CNC(=O)CN(C)C(=O)C(C)n2cccn2)CCNCC1. The maximum absolute atomic E-state index is 12.4. The van der Waals surface area contributed by atoms with Crippen molar-refractivity contribution in [2.24, 2.45) is 5.41 Å². The molecule has 1 fully saturated rings. The fourth-order valence-corrected chi connectivity index (χ4v) is 3.21. The van der Waals surface area contributed by atoms with Crippen molar-refractivity contribution in [2.75, 3.05) is 46.9 Å². The van der Waals surface area contributed by atoms with Gasteiger partial charge in [-0.3, -0.25) is 14.3 Å². The zero-order valence-electron chi connectivity index (χ0n) is 15.3. The molecule has 0 bridgehead atoms. The van der Waals surface area contributed by atoms with E-state index in [9.17, 15) is 9.59 Å². The van der Waals surface area contributed by atoms with Crippen molar-refractivity contribution in [1.29, 1.82) is 0 Å². The number of nitrogens with one attached hydrogen (secondary N) is 2. The highest BCUT2D eigenvalue weighted by molar-refractivity contribution is 5.86. The van der Waals surface area contributed by atoms with Gasteiger partial charge in [0.05, 0.1) is 13.2 Å². The lowest BCUT2D eigenvalue weighted by atomic mass is 9.79. The second-order valence-corrected chi connectivity index (χ2v) is 6.82. The lowest BCUT2D eigenvalue weighted by Crippen LogP contribution is -2.49. The molecule has 2 rings (SSSR count). The van der Waals surface area contributed by atoms with Crippen molar-refractivity contribution in [2.45, 2.75) is 25.8 Å². The quantitative estimate of drug-likeness (QED) is 0.690. The predicted octanol–water partition coefficient (Wildman–Crippen LogP) is 0.0349. The molecule has 0 aromatic carbocycles. The van der Waals surface area contributed by atoms with Crippen LogP contribution in [0.5, 0.6) is 0 Å². The van der Waals surface area contributed by atoms with Gasteiger partial charge in [0.25, 0.3) is 0 Å². The maximum Gasteiger partial charge on any atom is 0.247 e. The molecule has 1 atom stereocenters. The summed E-state index contributed by atoms with van der Waals surface area (Å²) in [5.41, 5.74) is -0.0272. The summed E-state index contributed by atoms with van der Waals surface area (Å²) < 4.78 is 6.94. The van der Waals surface area contributed by atoms with Gasteiger partial charge in [-0.15, -0.1) is 0 Å². The molecular weight excluding hydrogens is 322 g/mol. The highest BCUT2D eigenvalue weighted by Gasteiger charge is 2.32. The summed E-state index contributed by atoms with van der Waals surface area (Å²) in [6.07, 6.45) is 5.30. The van der Waals surface area contributed by atoms with Crippen molar-refractivity contribution in [3.8, 4) is 0 Å². The molecule has 25 heavy (non-hydrogen) atoms. The highest BCUT2D eigenvalue weighted by atomic mass is 16.5. The van der Waals surface area contributed by atoms with Gasteiger partial charge >= 0.3 is 0 Å². The van der Waals surface area contributed by atoms with Crippen LogP contribution in [-0.2, 0) is 14.3 Å². The van der Waals surface area contributed by atoms with Crippen molar-refractivity contribution in [3.05, 3.63) is 18.5 Å². The number of amides is 2. The van der Waals surface area contributed by atoms with Crippen LogP contribution in [0, 0.1) is 5.41 Å². The summed E-state index contributed by atoms with van der Waals surface area (Å²) in [5.74, 6) is -0.301. The Hall–Kier alpha value is -1.93. The van der Waals surface area contributed by atoms with Crippen LogP contribution in [-0.4, -0.2) is 73.4 Å². The first kappa shape index (κ1) is 19.4. The van der Waals surface area contributed by atoms with E-state index in [-0.39, 0.29) is 23.8 Å². The van der Waals surface area contributed by atoms with Gasteiger partial charge in [-0.1, -0.05) is 0 Å². The second-order valence-electron chi connectivity index (χ2n) is 6.82. The third-order valence-electron chi connectivity index (χ3n) is 4.81. The molecule has 0 saturated carbocycles. The van der Waals surface area contributed by atoms with E-state index in [2.05, 4.69) is 15.7 Å². The molecule has 1 unspecified atom stereocenters. The number of piperidine rings is 1. The lowest BCUT2D eigenvalue weighted by Gasteiger charge is -2.37. The number of carbonyl (C=O) groups is 2. The first-order valence-corrected chi connectivity index (χ1v) is 8.68. The third-order valence-corrected chi connectivity index (χ3v) is 4.81. The fraction of sp³-hybridized carbons (Fsp3) is 0.706. The number of ether oxygens (including phenoxy) is 1. The molecule has 2 amide bonds. The minimum absolute atomic E-state index is 0.0272. The van der Waals surface area contributed by atoms with Crippen LogP contribution in [0.3, 0.4) is 0 Å². The molecule has 0 aliphatic carbocycles. The Morgan fingerprint density at radius 2 is 2.16 bits per heavy atom. The highest BCUT2D eigenvalue weighted by Crippen LogP contribution is 2.28. The van der Waals surface area contributed by atoms with E-state index in [0.717, 1.165) is 25.9 Å². The Morgan fingerprint density at radius 1 is 1.44 bits per heavy atom. The van der Waals surface area contributed by atoms with Crippen LogP contribution in [0.2, 0.25) is 0 Å². The lowest BCUT2D eigenvalue weighted by molar-refractivity contribution is -0.137. The van der Waals surface area contributed by atoms with E-state index in [4.69, 9.17) is 4.74 Å². The van der Waals surface area contributed by atoms with Gasteiger partial charge in [-0.2, -0.15) is 5.10 Å². The van der Waals surface area contributed by atoms with E-state index in [1.165, 1.54) is 4.90 Å². The number of rotatable bonds is 8. The molecule has 1 aromatic rings. The summed E-state index contributed by atoms with van der Waals surface area (Å²) in [4.78, 5) is 26.1. The Kier molecular flexibility index (Phi) is 6.95. The van der Waals surface area contributed by atoms with E-state index >= 15 is 0 Å². The number of methoxy groups -OCH3 is 1. The second kappa shape index (κ2) is 8.96. The first-order valence-electron chi connectivity index (χ1n) is 8.68. The average molecular weight is 351 g/mol. The zero-order valence-corrected chi connectivity index (χ0v) is 15.3. The van der Waals surface area contributed by atoms with Crippen molar-refractivity contribution in [1.82, 2.24) is 25.3 Å². The number of nitrogens with zero attached hydrogens (tertiary/aromatic N) is 3. The molecule has 0 radical (unpaired) electrons. The van der Waals surface area contributed by atoms with Crippen LogP contribution in [0.25, 0.3) is 0 Å². The number of hydrogen-bond acceptors (Lipinski definition) is 5. The van der Waals surface area contributed by atoms with Gasteiger partial charge in [-0.25, -0.2) is 0 Å². The molecular formula is C17H29N5O3. The summed E-state index contributed by atoms with van der Waals surface area (Å²) in [6.45, 7) is 4.86. The summed E-state index contributed by atoms with van der Waals surface area (Å²) in [7, 11) is 3.33. The maximum atomic E-state index is 12.4. The fourth-order valence-electron chi connectivity index (χ4n) is 3.21. The van der Waals surface area contributed by atoms with Gasteiger partial charge in [0.1, 0.15) is 6.04 Å². The van der Waals surface area contributed by atoms with Crippen LogP contribution < -0.4 is 10.6 Å². The van der Waals surface area contributed by atoms with Gasteiger partial charge in [0.15, 0.2) is 0 Å². The number of aromatic nitrogens is 2. The molecule has 8 nitrogen and oxygen atoms in total. The van der Waals surface area contributed by atoms with Crippen LogP contribution in [0.4, 0.5) is 0 Å². The monoisotopic (exact) mass is 351 g/mol. The largest absolute Gasteiger partial charge is 0.384 e. The zero-order chi connectivity index (χ0) is 18.3. The normalized spacial score (nSPS) is 17.7. The Labute approximate surface area is 148 Å². The van der Waals surface area contributed by atoms with Crippen molar-refractivity contribution in [3.63, 3.8) is 0 Å². The van der Waals surface area contributed by atoms with Crippen molar-refractivity contribution < 1.29 is 14.3 Å². The van der Waals surface area contributed by atoms with E-state index in [0.29, 0.717) is 13.2 Å². The van der Waals surface area contributed by atoms with Crippen molar-refractivity contribution >= 4 is 11.8 Å². The molecule has 140 valence electrons. The first-order chi connectivity index (χ1) is 12.0. The van der Waals surface area contributed by atoms with Crippen LogP contribution in [0.15, 0.2) is 18.5 Å². The average Bonchev–Trinajstić information content (AvgIpc) is 3.14. The third kappa shape index (κ3) is 5.27. The van der Waals surface area contributed by atoms with E-state index < -0.39 is 6.04 Å². The molecule has 1 saturated heterocycles. The van der Waals surface area contributed by atoms with Crippen LogP contribution in [0.1, 0.15) is 25.8 Å². The summed E-state index contributed by atoms with van der Waals surface area (Å²) in [6, 6.07) is 1.34. The molecule has 0 spiro atoms. The Morgan fingerprint density at radius 3 is 2.76 bits per heavy atom. The van der Waals surface area contributed by atoms with Gasteiger partial charge in [0, 0.05) is 38.5 Å². The molecule has 8 heteroatoms. The van der Waals surface area contributed by atoms with E-state index in [1.54, 1.807) is 44.2 Å². The smallest absolute Gasteiger partial charge is 0.247 e. The standard InChI is InChI=1S/C17H29N5O3/c1-14(22-10-4-7-20-22)16(24)21(2)11-15(23)19-12-17(13-25-3)5-8-18-9-6-17/h4,7,10,14,18H,5-6,8-9,11-13H2,1-3H3,(H,19,23). The van der Waals surface area contributed by atoms with Gasteiger partial charge in [0.2, 0.25) is 11.8 Å². The molecule has 1 aromatic heterocycles. The van der Waals surface area contributed by atoms with Gasteiger partial charge < -0.3 is 20.3 Å². The molecule has 1 aliphatic heterocycles. The Balaban J connectivity index is 1.83. The molecule has 2 heterocycles. The predicted molar refractivity (Wildman–Crippen MR) is 94.0 cm³/mol. The summed E-state index contributed by atoms with van der Waals surface area (Å²) >= 11 is 0. The van der Waals surface area contributed by atoms with E-state index in [1.807, 2.05) is 0 Å². The number of likely N-dealkylation sites (N-methyl/N-ethyl adjacent to an activating group) is 1. The minimum atomic E-state index is -0.433. The topological polar surface area (TPSA) is 88.5 Å². The number of hydrogen-bond donors (Lipinski definition) is 2. The Bertz CT molecular complexity index is 549.